The van der Waals surface area contributed by atoms with Gasteiger partial charge in [0.1, 0.15) is 28.6 Å². The number of carbonyl (C=O) groups excluding carboxylic acids is 3. The van der Waals surface area contributed by atoms with Gasteiger partial charge in [0.05, 0.1) is 47.2 Å². The van der Waals surface area contributed by atoms with Gasteiger partial charge in [-0.15, -0.1) is 0 Å². The Morgan fingerprint density at radius 3 is 1.60 bits per heavy atom. The van der Waals surface area contributed by atoms with Crippen molar-refractivity contribution in [2.45, 2.75) is 123 Å². The first-order valence-corrected chi connectivity index (χ1v) is 27.2. The number of benzene rings is 2. The van der Waals surface area contributed by atoms with Gasteiger partial charge in [-0.3, -0.25) is 19.6 Å². The number of rotatable bonds is 12. The fraction of sp³-hybridized carbons (Fsp3) is 0.368. The summed E-state index contributed by atoms with van der Waals surface area (Å²) in [7, 11) is 0. The number of hydrogen-bond donors (Lipinski definition) is 4. The maximum Gasteiger partial charge on any atom is 0.490 e. The molecule has 0 unspecified atom stereocenters. The molecule has 6 aromatic heterocycles. The molecule has 18 nitrogen and oxygen atoms in total. The molecule has 0 bridgehead atoms. The van der Waals surface area contributed by atoms with Crippen molar-refractivity contribution in [1.29, 1.82) is 0 Å². The number of Topliss-reactive ketones (excluding diaryl/α,β-unsaturated/α-hetero) is 2. The number of nitrogens with one attached hydrogen (secondary N) is 3. The van der Waals surface area contributed by atoms with Gasteiger partial charge in [0.2, 0.25) is 0 Å². The van der Waals surface area contributed by atoms with Crippen LogP contribution in [0.2, 0.25) is 10.0 Å². The molecule has 0 amide bonds. The Kier molecular flexibility index (Phi) is 19.3. The number of nitrogens with zero attached hydrogens (tertiary/aromatic N) is 9. The van der Waals surface area contributed by atoms with E-state index in [1.165, 1.54) is 30.7 Å². The standard InChI is InChI=1S/C30H31ClF2N6O3.C25H23ClF2N6O.C2HF3O2/c1-16-12-35-24(14-34-16)25(40)9-17-6-5-7-19(8-17)37-28-23(33)13-36-27(38-28)21-15-39(29(41)42-30(2,3)4)26-20(21)10-18(31)11-22(26)32;1-13-9-30-21(12-29-13)22(35)6-14-3-2-4-16(5-14)33-25-20(28)11-32-24(34-25)18-10-31-23-17(18)7-15(26)8-19(23)27;3-2(4,5)1(6)7/h10-15,17,19H,5-9H2,1-4H3,(H,36,37,38);7-12,14,16,31H,2-6H2,1H3,(H,32,33,34);(H,6,7)/t17-,19+;14-,16+;/m11./s1. The molecule has 2 saturated carbocycles. The third kappa shape index (κ3) is 15.7. The molecule has 6 heterocycles. The van der Waals surface area contributed by atoms with E-state index in [-0.39, 0.29) is 90.8 Å². The number of aromatic nitrogens is 10. The molecular weight excluding hydrogens is 1150 g/mol. The molecule has 0 spiro atoms. The number of fused-ring (bicyclic) bond motifs is 2. The van der Waals surface area contributed by atoms with Crippen molar-refractivity contribution in [2.75, 3.05) is 10.6 Å². The van der Waals surface area contributed by atoms with Gasteiger partial charge in [0, 0.05) is 81.7 Å². The first-order chi connectivity index (χ1) is 39.7. The smallest absolute Gasteiger partial charge is 0.475 e. The molecule has 4 N–H and O–H groups in total. The van der Waals surface area contributed by atoms with E-state index in [0.29, 0.717) is 48.0 Å². The van der Waals surface area contributed by atoms with E-state index in [4.69, 9.17) is 37.8 Å². The molecule has 2 aromatic carbocycles. The van der Waals surface area contributed by atoms with E-state index < -0.39 is 47.1 Å². The van der Waals surface area contributed by atoms with Crippen LogP contribution in [0.4, 0.5) is 47.2 Å². The highest BCUT2D eigenvalue weighted by Crippen LogP contribution is 2.37. The number of carboxylic acid groups (broad SMARTS) is 1. The first-order valence-electron chi connectivity index (χ1n) is 26.4. The Morgan fingerprint density at radius 1 is 0.655 bits per heavy atom. The minimum Gasteiger partial charge on any atom is -0.475 e. The van der Waals surface area contributed by atoms with Crippen LogP contribution in [-0.2, 0) is 9.53 Å². The molecule has 10 rings (SSSR count). The number of aliphatic carboxylic acids is 1. The molecule has 0 saturated heterocycles. The van der Waals surface area contributed by atoms with E-state index in [9.17, 15) is 40.7 Å². The number of H-pyrrole nitrogens is 1. The molecule has 0 radical (unpaired) electrons. The maximum atomic E-state index is 15.1. The molecule has 4 atom stereocenters. The lowest BCUT2D eigenvalue weighted by molar-refractivity contribution is -0.192. The van der Waals surface area contributed by atoms with Crippen molar-refractivity contribution >= 4 is 80.3 Å². The summed E-state index contributed by atoms with van der Waals surface area (Å²) in [5.41, 5.74) is 2.42. The monoisotopic (exact) mass is 1210 g/mol. The average Bonchev–Trinajstić information content (AvgIpc) is 2.60. The maximum absolute atomic E-state index is 15.1. The molecule has 2 aliphatic rings. The Labute approximate surface area is 485 Å². The number of halogens is 9. The predicted molar refractivity (Wildman–Crippen MR) is 298 cm³/mol. The van der Waals surface area contributed by atoms with Gasteiger partial charge in [-0.25, -0.2) is 61.6 Å². The topological polar surface area (TPSA) is 246 Å². The molecule has 2 fully saturated rings. The van der Waals surface area contributed by atoms with Crippen molar-refractivity contribution < 1.29 is 59.8 Å². The van der Waals surface area contributed by atoms with Gasteiger partial charge in [0.25, 0.3) is 0 Å². The number of aryl methyl sites for hydroxylation is 2. The summed E-state index contributed by atoms with van der Waals surface area (Å²) in [6, 6.07) is 5.26. The van der Waals surface area contributed by atoms with Crippen LogP contribution in [0, 0.1) is 49.0 Å². The van der Waals surface area contributed by atoms with Crippen LogP contribution in [0.25, 0.3) is 44.6 Å². The van der Waals surface area contributed by atoms with Gasteiger partial charge < -0.3 is 25.5 Å². The van der Waals surface area contributed by atoms with Gasteiger partial charge in [-0.1, -0.05) is 36.0 Å². The summed E-state index contributed by atoms with van der Waals surface area (Å²) < 4.78 is 97.1. The second kappa shape index (κ2) is 26.2. The lowest BCUT2D eigenvalue weighted by Gasteiger charge is -2.29. The number of anilines is 2. The number of aromatic amines is 1. The van der Waals surface area contributed by atoms with Crippen LogP contribution in [0.1, 0.15) is 117 Å². The van der Waals surface area contributed by atoms with Crippen LogP contribution in [0.5, 0.6) is 0 Å². The zero-order valence-electron chi connectivity index (χ0n) is 45.7. The zero-order valence-corrected chi connectivity index (χ0v) is 47.2. The summed E-state index contributed by atoms with van der Waals surface area (Å²) in [6.45, 7) is 8.74. The lowest BCUT2D eigenvalue weighted by atomic mass is 9.82. The Hall–Kier alpha value is -8.19. The van der Waals surface area contributed by atoms with Crippen molar-refractivity contribution in [3.05, 3.63) is 130 Å². The summed E-state index contributed by atoms with van der Waals surface area (Å²) in [5, 5.41) is 14.7. The summed E-state index contributed by atoms with van der Waals surface area (Å²) >= 11 is 12.2. The first kappa shape index (κ1) is 61.9. The highest BCUT2D eigenvalue weighted by molar-refractivity contribution is 6.32. The van der Waals surface area contributed by atoms with Crippen LogP contribution in [0.15, 0.2) is 73.8 Å². The molecular formula is C57H55Cl2F7N12O6. The number of ketones is 2. The fourth-order valence-corrected chi connectivity index (χ4v) is 10.3. The summed E-state index contributed by atoms with van der Waals surface area (Å²) in [5.74, 6) is -4.70. The molecule has 2 aliphatic carbocycles. The van der Waals surface area contributed by atoms with E-state index in [2.05, 4.69) is 55.5 Å². The van der Waals surface area contributed by atoms with Crippen LogP contribution < -0.4 is 10.6 Å². The summed E-state index contributed by atoms with van der Waals surface area (Å²) in [4.78, 5) is 83.8. The molecule has 84 heavy (non-hydrogen) atoms. The third-order valence-corrected chi connectivity index (χ3v) is 14.1. The number of carboxylic acids is 1. The van der Waals surface area contributed by atoms with Crippen LogP contribution in [0.3, 0.4) is 0 Å². The Balaban J connectivity index is 0.000000199. The SMILES string of the molecule is Cc1cnc(C(=O)C[C@@H]2CCC[C@H](Nc3nc(-c4c[nH]c5c(F)cc(Cl)cc45)ncc3F)C2)cn1.Cc1cnc(C(=O)C[C@@H]2CCC[C@H](Nc3nc(-c4cn(C(=O)OC(C)(C)C)c5c(F)cc(Cl)cc45)ncc3F)C2)cn1.O=C(O)C(F)(F)F. The van der Waals surface area contributed by atoms with Crippen molar-refractivity contribution in [1.82, 2.24) is 49.4 Å². The van der Waals surface area contributed by atoms with E-state index >= 15 is 4.39 Å². The van der Waals surface area contributed by atoms with Gasteiger partial charge in [-0.05, 0) is 109 Å². The Morgan fingerprint density at radius 2 is 1.13 bits per heavy atom. The fourth-order valence-electron chi connectivity index (χ4n) is 9.86. The molecule has 0 aliphatic heterocycles. The van der Waals surface area contributed by atoms with Crippen LogP contribution in [-0.4, -0.2) is 102 Å². The Bertz CT molecular complexity index is 3730. The number of ether oxygens (including phenoxy) is 1. The zero-order chi connectivity index (χ0) is 60.8. The highest BCUT2D eigenvalue weighted by atomic mass is 35.5. The van der Waals surface area contributed by atoms with E-state index in [0.717, 1.165) is 72.9 Å². The van der Waals surface area contributed by atoms with Crippen LogP contribution >= 0.6 is 23.2 Å². The normalized spacial score (nSPS) is 17.1. The number of hydrogen-bond acceptors (Lipinski definition) is 15. The number of carbonyl (C=O) groups is 4. The van der Waals surface area contributed by atoms with Crippen molar-refractivity contribution in [2.24, 2.45) is 11.8 Å². The average molecular weight is 1210 g/mol. The second-order valence-corrected chi connectivity index (χ2v) is 22.2. The van der Waals surface area contributed by atoms with Crippen molar-refractivity contribution in [3.8, 4) is 22.8 Å². The van der Waals surface area contributed by atoms with Gasteiger partial charge >= 0.3 is 18.2 Å². The van der Waals surface area contributed by atoms with Gasteiger partial charge in [0.15, 0.2) is 46.5 Å². The number of alkyl halides is 3. The highest BCUT2D eigenvalue weighted by Gasteiger charge is 2.38. The minimum atomic E-state index is -5.08. The molecule has 8 aromatic rings. The van der Waals surface area contributed by atoms with E-state index in [1.54, 1.807) is 45.4 Å². The summed E-state index contributed by atoms with van der Waals surface area (Å²) in [6.07, 6.45) is 12.6. The minimum absolute atomic E-state index is 0.0259. The second-order valence-electron chi connectivity index (χ2n) is 21.4. The predicted octanol–water partition coefficient (Wildman–Crippen LogP) is 13.7. The third-order valence-electron chi connectivity index (χ3n) is 13.7. The molecule has 27 heteroatoms. The van der Waals surface area contributed by atoms with Gasteiger partial charge in [-0.2, -0.15) is 13.2 Å². The molecule has 442 valence electrons. The largest absolute Gasteiger partial charge is 0.490 e. The lowest BCUT2D eigenvalue weighted by Crippen LogP contribution is -2.29. The van der Waals surface area contributed by atoms with Crippen molar-refractivity contribution in [3.63, 3.8) is 0 Å². The quantitative estimate of drug-likeness (QED) is 0.0656. The van der Waals surface area contributed by atoms with E-state index in [1.807, 2.05) is 13.8 Å².